The van der Waals surface area contributed by atoms with Crippen LogP contribution in [0.25, 0.3) is 0 Å². The maximum atomic E-state index is 11.1. The van der Waals surface area contributed by atoms with Crippen LogP contribution in [0.1, 0.15) is 19.3 Å². The van der Waals surface area contributed by atoms with Crippen molar-refractivity contribution in [3.05, 3.63) is 12.7 Å². The van der Waals surface area contributed by atoms with Crippen molar-refractivity contribution in [3.63, 3.8) is 0 Å². The Hall–Kier alpha value is -0.910. The van der Waals surface area contributed by atoms with Gasteiger partial charge in [-0.15, -0.1) is 6.58 Å². The fraction of sp³-hybridized carbons (Fsp3) is 0.750. The van der Waals surface area contributed by atoms with Crippen LogP contribution in [0, 0.1) is 0 Å². The van der Waals surface area contributed by atoms with Gasteiger partial charge in [-0.3, -0.25) is 4.79 Å². The van der Waals surface area contributed by atoms with Crippen molar-refractivity contribution in [2.75, 3.05) is 26.4 Å². The zero-order valence-electron chi connectivity index (χ0n) is 9.97. The van der Waals surface area contributed by atoms with Crippen molar-refractivity contribution in [2.24, 2.45) is 0 Å². The molecule has 5 nitrogen and oxygen atoms in total. The summed E-state index contributed by atoms with van der Waals surface area (Å²) >= 11 is 0. The van der Waals surface area contributed by atoms with Crippen LogP contribution in [0.5, 0.6) is 0 Å². The molecule has 0 aromatic rings. The van der Waals surface area contributed by atoms with Crippen LogP contribution in [0.3, 0.4) is 0 Å². The van der Waals surface area contributed by atoms with E-state index in [0.29, 0.717) is 25.9 Å². The summed E-state index contributed by atoms with van der Waals surface area (Å²) < 4.78 is 15.1. The number of hydrogen-bond acceptors (Lipinski definition) is 5. The number of rotatable bonds is 10. The quantitative estimate of drug-likeness (QED) is 0.347. The van der Waals surface area contributed by atoms with Gasteiger partial charge in [0.25, 0.3) is 0 Å². The Morgan fingerprint density at radius 3 is 3.06 bits per heavy atom. The van der Waals surface area contributed by atoms with Gasteiger partial charge < -0.3 is 19.3 Å². The standard InChI is InChI=1S/C12H20O5/c1-2-3-4-12(14)16-6-5-10(13)7-15-8-11-9-17-11/h2,10-11,13H,1,3-9H2. The van der Waals surface area contributed by atoms with Gasteiger partial charge in [0, 0.05) is 12.8 Å². The van der Waals surface area contributed by atoms with Gasteiger partial charge in [0.05, 0.1) is 32.5 Å². The first-order chi connectivity index (χ1) is 8.22. The van der Waals surface area contributed by atoms with E-state index in [4.69, 9.17) is 14.2 Å². The number of carbonyl (C=O) groups is 1. The number of aliphatic hydroxyl groups is 1. The largest absolute Gasteiger partial charge is 0.466 e. The van der Waals surface area contributed by atoms with E-state index in [1.165, 1.54) is 0 Å². The lowest BCUT2D eigenvalue weighted by atomic mass is 10.3. The third kappa shape index (κ3) is 7.90. The fourth-order valence-corrected chi connectivity index (χ4v) is 1.18. The van der Waals surface area contributed by atoms with Crippen LogP contribution >= 0.6 is 0 Å². The first-order valence-corrected chi connectivity index (χ1v) is 5.86. The summed E-state index contributed by atoms with van der Waals surface area (Å²) in [7, 11) is 0. The summed E-state index contributed by atoms with van der Waals surface area (Å²) in [5.41, 5.74) is 0. The highest BCUT2D eigenvalue weighted by atomic mass is 16.6. The van der Waals surface area contributed by atoms with Gasteiger partial charge >= 0.3 is 5.97 Å². The molecule has 1 aliphatic heterocycles. The molecule has 0 aromatic heterocycles. The number of allylic oxidation sites excluding steroid dienone is 1. The highest BCUT2D eigenvalue weighted by Gasteiger charge is 2.22. The summed E-state index contributed by atoms with van der Waals surface area (Å²) in [6.45, 7) is 5.27. The van der Waals surface area contributed by atoms with Crippen LogP contribution in [-0.2, 0) is 19.0 Å². The summed E-state index contributed by atoms with van der Waals surface area (Å²) in [4.78, 5) is 11.1. The maximum absolute atomic E-state index is 11.1. The second kappa shape index (κ2) is 8.22. The second-order valence-electron chi connectivity index (χ2n) is 3.98. The Bertz CT molecular complexity index is 237. The van der Waals surface area contributed by atoms with Crippen molar-refractivity contribution < 1.29 is 24.1 Å². The minimum Gasteiger partial charge on any atom is -0.466 e. The lowest BCUT2D eigenvalue weighted by Crippen LogP contribution is -2.20. The van der Waals surface area contributed by atoms with Gasteiger partial charge in [0.1, 0.15) is 6.10 Å². The topological polar surface area (TPSA) is 68.3 Å². The maximum Gasteiger partial charge on any atom is 0.306 e. The molecule has 0 radical (unpaired) electrons. The first kappa shape index (κ1) is 14.2. The van der Waals surface area contributed by atoms with Gasteiger partial charge in [0.2, 0.25) is 0 Å². The summed E-state index contributed by atoms with van der Waals surface area (Å²) in [5, 5.41) is 9.50. The Morgan fingerprint density at radius 2 is 2.41 bits per heavy atom. The fourth-order valence-electron chi connectivity index (χ4n) is 1.18. The van der Waals surface area contributed by atoms with E-state index in [-0.39, 0.29) is 25.3 Å². The van der Waals surface area contributed by atoms with E-state index in [0.717, 1.165) is 6.61 Å². The SMILES string of the molecule is C=CCCC(=O)OCCC(O)COCC1CO1. The molecule has 1 saturated heterocycles. The monoisotopic (exact) mass is 244 g/mol. The molecule has 2 unspecified atom stereocenters. The average Bonchev–Trinajstić information content (AvgIpc) is 3.10. The number of ether oxygens (including phenoxy) is 3. The molecule has 1 heterocycles. The first-order valence-electron chi connectivity index (χ1n) is 5.86. The van der Waals surface area contributed by atoms with E-state index in [2.05, 4.69) is 6.58 Å². The van der Waals surface area contributed by atoms with Crippen LogP contribution in [-0.4, -0.2) is 49.7 Å². The molecule has 0 aromatic carbocycles. The average molecular weight is 244 g/mol. The van der Waals surface area contributed by atoms with E-state index in [1.54, 1.807) is 6.08 Å². The van der Waals surface area contributed by atoms with Gasteiger partial charge in [-0.2, -0.15) is 0 Å². The zero-order valence-corrected chi connectivity index (χ0v) is 9.97. The number of carbonyl (C=O) groups excluding carboxylic acids is 1. The van der Waals surface area contributed by atoms with Gasteiger partial charge in [-0.1, -0.05) is 6.08 Å². The minimum atomic E-state index is -0.596. The van der Waals surface area contributed by atoms with E-state index < -0.39 is 6.10 Å². The van der Waals surface area contributed by atoms with E-state index >= 15 is 0 Å². The molecule has 1 rings (SSSR count). The molecule has 1 fully saturated rings. The molecule has 0 spiro atoms. The molecular formula is C12H20O5. The number of esters is 1. The Labute approximate surface area is 101 Å². The highest BCUT2D eigenvalue weighted by molar-refractivity contribution is 5.69. The highest BCUT2D eigenvalue weighted by Crippen LogP contribution is 2.08. The molecule has 0 aliphatic carbocycles. The lowest BCUT2D eigenvalue weighted by molar-refractivity contribution is -0.144. The van der Waals surface area contributed by atoms with Crippen molar-refractivity contribution in [1.82, 2.24) is 0 Å². The third-order valence-corrected chi connectivity index (χ3v) is 2.28. The predicted octanol–water partition coefficient (Wildman–Crippen LogP) is 0.662. The normalized spacial score (nSPS) is 19.7. The molecule has 2 atom stereocenters. The van der Waals surface area contributed by atoms with Crippen LogP contribution in [0.15, 0.2) is 12.7 Å². The van der Waals surface area contributed by atoms with Crippen LogP contribution in [0.4, 0.5) is 0 Å². The summed E-state index contributed by atoms with van der Waals surface area (Å²) in [6, 6.07) is 0. The van der Waals surface area contributed by atoms with Gasteiger partial charge in [0.15, 0.2) is 0 Å². The van der Waals surface area contributed by atoms with Crippen molar-refractivity contribution in [2.45, 2.75) is 31.5 Å². The Balaban J connectivity index is 1.89. The Kier molecular flexibility index (Phi) is 6.84. The second-order valence-corrected chi connectivity index (χ2v) is 3.98. The lowest BCUT2D eigenvalue weighted by Gasteiger charge is -2.10. The van der Waals surface area contributed by atoms with Crippen molar-refractivity contribution >= 4 is 5.97 Å². The third-order valence-electron chi connectivity index (χ3n) is 2.28. The molecule has 17 heavy (non-hydrogen) atoms. The van der Waals surface area contributed by atoms with E-state index in [9.17, 15) is 9.90 Å². The molecule has 0 amide bonds. The van der Waals surface area contributed by atoms with Gasteiger partial charge in [-0.25, -0.2) is 0 Å². The molecule has 1 aliphatic rings. The van der Waals surface area contributed by atoms with Crippen molar-refractivity contribution in [1.29, 1.82) is 0 Å². The molecule has 5 heteroatoms. The Morgan fingerprint density at radius 1 is 1.65 bits per heavy atom. The summed E-state index contributed by atoms with van der Waals surface area (Å²) in [5.74, 6) is -0.260. The number of hydrogen-bond donors (Lipinski definition) is 1. The molecule has 0 saturated carbocycles. The predicted molar refractivity (Wildman–Crippen MR) is 61.6 cm³/mol. The van der Waals surface area contributed by atoms with E-state index in [1.807, 2.05) is 0 Å². The smallest absolute Gasteiger partial charge is 0.306 e. The zero-order chi connectivity index (χ0) is 12.5. The summed E-state index contributed by atoms with van der Waals surface area (Å²) in [6.07, 6.45) is 2.64. The van der Waals surface area contributed by atoms with Crippen LogP contribution < -0.4 is 0 Å². The van der Waals surface area contributed by atoms with Gasteiger partial charge in [-0.05, 0) is 6.42 Å². The molecule has 1 N–H and O–H groups in total. The molecular weight excluding hydrogens is 224 g/mol. The van der Waals surface area contributed by atoms with Crippen LogP contribution in [0.2, 0.25) is 0 Å². The molecule has 0 bridgehead atoms. The van der Waals surface area contributed by atoms with Crippen molar-refractivity contribution in [3.8, 4) is 0 Å². The molecule has 98 valence electrons. The number of epoxide rings is 1. The number of aliphatic hydroxyl groups excluding tert-OH is 1. The minimum absolute atomic E-state index is 0.207.